The van der Waals surface area contributed by atoms with E-state index in [1.165, 1.54) is 47.4 Å². The van der Waals surface area contributed by atoms with E-state index in [4.69, 9.17) is 9.72 Å². The van der Waals surface area contributed by atoms with Gasteiger partial charge in [-0.15, -0.1) is 11.3 Å². The van der Waals surface area contributed by atoms with Gasteiger partial charge in [-0.25, -0.2) is 9.37 Å². The highest BCUT2D eigenvalue weighted by molar-refractivity contribution is 7.99. The van der Waals surface area contributed by atoms with Crippen LogP contribution in [0.1, 0.15) is 23.2 Å². The number of carbonyl (C=O) groups excluding carboxylic acids is 1. The molecule has 158 valence electrons. The molecule has 2 aromatic heterocycles. The van der Waals surface area contributed by atoms with Gasteiger partial charge in [0.05, 0.1) is 23.9 Å². The van der Waals surface area contributed by atoms with Crippen LogP contribution in [-0.4, -0.2) is 33.8 Å². The first-order chi connectivity index (χ1) is 15.1. The standard InChI is InChI=1S/C23H19FN2O3S2/c24-15-9-7-14(8-10-15)18(27)13-30-23-25-20-17-5-1-2-6-19(17)31-21(20)22(28)26(23)12-16-4-3-11-29-16/h1-2,5-10,16H,3-4,11-13H2/t16-/m0/s1. The molecule has 0 N–H and O–H groups in total. The molecule has 0 bridgehead atoms. The fourth-order valence-electron chi connectivity index (χ4n) is 3.77. The number of halogens is 1. The Morgan fingerprint density at radius 3 is 2.81 bits per heavy atom. The van der Waals surface area contributed by atoms with E-state index >= 15 is 0 Å². The fraction of sp³-hybridized carbons (Fsp3) is 0.261. The zero-order valence-corrected chi connectivity index (χ0v) is 18.2. The van der Waals surface area contributed by atoms with Gasteiger partial charge in [-0.05, 0) is 43.2 Å². The van der Waals surface area contributed by atoms with Crippen molar-refractivity contribution in [3.05, 3.63) is 70.3 Å². The lowest BCUT2D eigenvalue weighted by molar-refractivity contribution is 0.0938. The van der Waals surface area contributed by atoms with Crippen molar-refractivity contribution in [2.45, 2.75) is 30.6 Å². The average Bonchev–Trinajstić information content (AvgIpc) is 3.43. The normalized spacial score (nSPS) is 16.4. The van der Waals surface area contributed by atoms with E-state index in [1.54, 1.807) is 4.57 Å². The number of ether oxygens (including phenoxy) is 1. The van der Waals surface area contributed by atoms with Crippen LogP contribution in [0.15, 0.2) is 58.5 Å². The van der Waals surface area contributed by atoms with Gasteiger partial charge in [-0.3, -0.25) is 14.2 Å². The summed E-state index contributed by atoms with van der Waals surface area (Å²) in [6.07, 6.45) is 1.84. The molecule has 0 unspecified atom stereocenters. The number of benzene rings is 2. The zero-order chi connectivity index (χ0) is 21.4. The number of rotatable bonds is 6. The molecule has 0 amide bonds. The molecule has 2 aromatic carbocycles. The predicted molar refractivity (Wildman–Crippen MR) is 122 cm³/mol. The molecule has 1 fully saturated rings. The Morgan fingerprint density at radius 1 is 1.23 bits per heavy atom. The topological polar surface area (TPSA) is 61.2 Å². The highest BCUT2D eigenvalue weighted by Crippen LogP contribution is 2.32. The van der Waals surface area contributed by atoms with Crippen LogP contribution in [0.5, 0.6) is 0 Å². The lowest BCUT2D eigenvalue weighted by Crippen LogP contribution is -2.28. The number of hydrogen-bond acceptors (Lipinski definition) is 6. The van der Waals surface area contributed by atoms with E-state index in [1.807, 2.05) is 24.3 Å². The number of thiophene rings is 1. The van der Waals surface area contributed by atoms with E-state index in [-0.39, 0.29) is 29.0 Å². The van der Waals surface area contributed by atoms with Gasteiger partial charge in [0.15, 0.2) is 10.9 Å². The molecule has 1 atom stereocenters. The van der Waals surface area contributed by atoms with E-state index in [0.29, 0.717) is 34.1 Å². The summed E-state index contributed by atoms with van der Waals surface area (Å²) >= 11 is 2.68. The minimum Gasteiger partial charge on any atom is -0.376 e. The van der Waals surface area contributed by atoms with Crippen LogP contribution in [-0.2, 0) is 11.3 Å². The van der Waals surface area contributed by atoms with E-state index in [0.717, 1.165) is 22.9 Å². The highest BCUT2D eigenvalue weighted by atomic mass is 32.2. The van der Waals surface area contributed by atoms with Gasteiger partial charge in [0.2, 0.25) is 0 Å². The van der Waals surface area contributed by atoms with Crippen LogP contribution in [0.4, 0.5) is 4.39 Å². The summed E-state index contributed by atoms with van der Waals surface area (Å²) in [6.45, 7) is 1.12. The largest absolute Gasteiger partial charge is 0.376 e. The summed E-state index contributed by atoms with van der Waals surface area (Å²) in [7, 11) is 0. The predicted octanol–water partition coefficient (Wildman–Crippen LogP) is 4.90. The molecule has 0 radical (unpaired) electrons. The van der Waals surface area contributed by atoms with E-state index in [2.05, 4.69) is 0 Å². The quantitative estimate of drug-likeness (QED) is 0.236. The molecule has 31 heavy (non-hydrogen) atoms. The molecule has 1 saturated heterocycles. The fourth-order valence-corrected chi connectivity index (χ4v) is 5.75. The van der Waals surface area contributed by atoms with Crippen molar-refractivity contribution in [2.75, 3.05) is 12.4 Å². The van der Waals surface area contributed by atoms with Crippen molar-refractivity contribution in [1.29, 1.82) is 0 Å². The van der Waals surface area contributed by atoms with Gasteiger partial charge >= 0.3 is 0 Å². The number of carbonyl (C=O) groups is 1. The number of hydrogen-bond donors (Lipinski definition) is 0. The third kappa shape index (κ3) is 4.03. The van der Waals surface area contributed by atoms with Crippen molar-refractivity contribution >= 4 is 49.2 Å². The van der Waals surface area contributed by atoms with Crippen LogP contribution in [0.3, 0.4) is 0 Å². The third-order valence-electron chi connectivity index (χ3n) is 5.36. The Balaban J connectivity index is 1.53. The first-order valence-electron chi connectivity index (χ1n) is 10.1. The molecule has 0 saturated carbocycles. The second-order valence-corrected chi connectivity index (χ2v) is 9.43. The monoisotopic (exact) mass is 454 g/mol. The molecular formula is C23H19FN2O3S2. The van der Waals surface area contributed by atoms with Crippen molar-refractivity contribution in [1.82, 2.24) is 9.55 Å². The lowest BCUT2D eigenvalue weighted by Gasteiger charge is -2.15. The lowest BCUT2D eigenvalue weighted by atomic mass is 10.1. The van der Waals surface area contributed by atoms with Gasteiger partial charge in [-0.1, -0.05) is 30.0 Å². The third-order valence-corrected chi connectivity index (χ3v) is 7.48. The van der Waals surface area contributed by atoms with Crippen molar-refractivity contribution in [3.8, 4) is 0 Å². The summed E-state index contributed by atoms with van der Waals surface area (Å²) < 4.78 is 22.2. The maximum Gasteiger partial charge on any atom is 0.272 e. The van der Waals surface area contributed by atoms with Crippen molar-refractivity contribution in [2.24, 2.45) is 0 Å². The van der Waals surface area contributed by atoms with Crippen LogP contribution >= 0.6 is 23.1 Å². The smallest absolute Gasteiger partial charge is 0.272 e. The van der Waals surface area contributed by atoms with Gasteiger partial charge in [-0.2, -0.15) is 0 Å². The molecule has 1 aliphatic heterocycles. The summed E-state index contributed by atoms with van der Waals surface area (Å²) in [6, 6.07) is 13.3. The number of nitrogens with zero attached hydrogens (tertiary/aromatic N) is 2. The number of ketones is 1. The Bertz CT molecular complexity index is 1320. The van der Waals surface area contributed by atoms with Gasteiger partial charge < -0.3 is 4.74 Å². The molecule has 4 aromatic rings. The van der Waals surface area contributed by atoms with Gasteiger partial charge in [0.25, 0.3) is 5.56 Å². The molecule has 5 nitrogen and oxygen atoms in total. The second-order valence-electron chi connectivity index (χ2n) is 7.44. The molecule has 0 aliphatic carbocycles. The summed E-state index contributed by atoms with van der Waals surface area (Å²) in [5.41, 5.74) is 1.01. The summed E-state index contributed by atoms with van der Waals surface area (Å²) in [5.74, 6) is -0.416. The van der Waals surface area contributed by atoms with Crippen LogP contribution < -0.4 is 5.56 Å². The molecule has 0 spiro atoms. The first kappa shape index (κ1) is 20.4. The Labute approximate surface area is 185 Å². The van der Waals surface area contributed by atoms with Crippen molar-refractivity contribution in [3.63, 3.8) is 0 Å². The van der Waals surface area contributed by atoms with E-state index < -0.39 is 0 Å². The molecule has 8 heteroatoms. The van der Waals surface area contributed by atoms with Crippen LogP contribution in [0.2, 0.25) is 0 Å². The minimum atomic E-state index is -0.383. The second kappa shape index (κ2) is 8.53. The minimum absolute atomic E-state index is 0.0292. The highest BCUT2D eigenvalue weighted by Gasteiger charge is 2.22. The maximum atomic E-state index is 13.4. The molecular weight excluding hydrogens is 435 g/mol. The summed E-state index contributed by atoms with van der Waals surface area (Å²) in [4.78, 5) is 30.8. The Kier molecular flexibility index (Phi) is 5.60. The molecule has 5 rings (SSSR count). The average molecular weight is 455 g/mol. The van der Waals surface area contributed by atoms with Gasteiger partial charge in [0.1, 0.15) is 10.5 Å². The van der Waals surface area contributed by atoms with E-state index in [9.17, 15) is 14.0 Å². The molecule has 3 heterocycles. The van der Waals surface area contributed by atoms with Crippen molar-refractivity contribution < 1.29 is 13.9 Å². The first-order valence-corrected chi connectivity index (χ1v) is 11.9. The zero-order valence-electron chi connectivity index (χ0n) is 16.5. The number of aromatic nitrogens is 2. The number of Topliss-reactive ketones (excluding diaryl/α,β-unsaturated/α-hetero) is 1. The van der Waals surface area contributed by atoms with Crippen LogP contribution in [0, 0.1) is 5.82 Å². The summed E-state index contributed by atoms with van der Waals surface area (Å²) in [5, 5.41) is 1.45. The van der Waals surface area contributed by atoms with Crippen LogP contribution in [0.25, 0.3) is 20.3 Å². The maximum absolute atomic E-state index is 13.4. The van der Waals surface area contributed by atoms with Gasteiger partial charge in [0, 0.05) is 22.3 Å². The Morgan fingerprint density at radius 2 is 2.03 bits per heavy atom. The SMILES string of the molecule is O=C(CSc1nc2c(sc3ccccc32)c(=O)n1C[C@@H]1CCCO1)c1ccc(F)cc1. The molecule has 1 aliphatic rings. The number of fused-ring (bicyclic) bond motifs is 3. The number of thioether (sulfide) groups is 1. The Hall–Kier alpha value is -2.55.